The number of carboxylic acid groups (broad SMARTS) is 1. The van der Waals surface area contributed by atoms with E-state index in [1.54, 1.807) is 0 Å². The van der Waals surface area contributed by atoms with E-state index in [9.17, 15) is 9.59 Å². The second-order valence-corrected chi connectivity index (χ2v) is 5.47. The first-order valence-corrected chi connectivity index (χ1v) is 7.20. The molecule has 1 amide bonds. The van der Waals surface area contributed by atoms with Crippen molar-refractivity contribution in [1.29, 1.82) is 0 Å². The van der Waals surface area contributed by atoms with E-state index in [0.29, 0.717) is 19.4 Å². The van der Waals surface area contributed by atoms with Gasteiger partial charge in [0.1, 0.15) is 0 Å². The van der Waals surface area contributed by atoms with Gasteiger partial charge in [0.2, 0.25) is 5.91 Å². The Balaban J connectivity index is 2.36. The van der Waals surface area contributed by atoms with Crippen molar-refractivity contribution >= 4 is 11.9 Å². The lowest BCUT2D eigenvalue weighted by molar-refractivity contribution is -0.137. The molecule has 1 saturated carbocycles. The summed E-state index contributed by atoms with van der Waals surface area (Å²) in [4.78, 5) is 24.4. The van der Waals surface area contributed by atoms with Crippen molar-refractivity contribution in [2.24, 2.45) is 0 Å². The van der Waals surface area contributed by atoms with E-state index in [0.717, 1.165) is 19.4 Å². The molecule has 1 rings (SSSR count). The molecule has 110 valence electrons. The van der Waals surface area contributed by atoms with Crippen LogP contribution in [-0.4, -0.2) is 47.6 Å². The predicted octanol–water partition coefficient (Wildman–Crippen LogP) is 1.62. The Labute approximate surface area is 115 Å². The van der Waals surface area contributed by atoms with Gasteiger partial charge in [-0.3, -0.25) is 14.5 Å². The van der Waals surface area contributed by atoms with Gasteiger partial charge in [0.05, 0.1) is 0 Å². The summed E-state index contributed by atoms with van der Waals surface area (Å²) in [6.45, 7) is 3.80. The van der Waals surface area contributed by atoms with Crippen LogP contribution in [0.4, 0.5) is 0 Å². The van der Waals surface area contributed by atoms with Crippen LogP contribution in [0.1, 0.15) is 51.9 Å². The highest BCUT2D eigenvalue weighted by Gasteiger charge is 2.37. The lowest BCUT2D eigenvalue weighted by Crippen LogP contribution is -2.52. The quantitative estimate of drug-likeness (QED) is 0.703. The van der Waals surface area contributed by atoms with Crippen molar-refractivity contribution in [3.05, 3.63) is 0 Å². The van der Waals surface area contributed by atoms with Gasteiger partial charge in [-0.2, -0.15) is 0 Å². The molecule has 2 N–H and O–H groups in total. The predicted molar refractivity (Wildman–Crippen MR) is 74.0 cm³/mol. The molecule has 0 aromatic carbocycles. The number of carbonyl (C=O) groups excluding carboxylic acids is 1. The molecule has 5 nitrogen and oxygen atoms in total. The summed E-state index contributed by atoms with van der Waals surface area (Å²) in [6, 6.07) is 0. The molecule has 5 heteroatoms. The van der Waals surface area contributed by atoms with E-state index in [4.69, 9.17) is 5.11 Å². The largest absolute Gasteiger partial charge is 0.481 e. The summed E-state index contributed by atoms with van der Waals surface area (Å²) in [5.74, 6) is -0.872. The fraction of sp³-hybridized carbons (Fsp3) is 0.857. The number of aliphatic carboxylic acids is 1. The summed E-state index contributed by atoms with van der Waals surface area (Å²) in [5.41, 5.74) is 0.108. The molecule has 0 radical (unpaired) electrons. The van der Waals surface area contributed by atoms with Crippen LogP contribution in [0.25, 0.3) is 0 Å². The fourth-order valence-electron chi connectivity index (χ4n) is 2.81. The molecule has 0 aliphatic heterocycles. The number of nitrogens with one attached hydrogen (secondary N) is 1. The van der Waals surface area contributed by atoms with Crippen LogP contribution in [0.15, 0.2) is 0 Å². The lowest BCUT2D eigenvalue weighted by atomic mass is 9.95. The molecule has 0 spiro atoms. The Morgan fingerprint density at radius 2 is 1.89 bits per heavy atom. The number of nitrogens with zero attached hydrogens (tertiary/aromatic N) is 1. The average Bonchev–Trinajstić information content (AvgIpc) is 2.85. The van der Waals surface area contributed by atoms with Gasteiger partial charge < -0.3 is 10.4 Å². The van der Waals surface area contributed by atoms with Crippen molar-refractivity contribution in [2.45, 2.75) is 57.4 Å². The Bertz CT molecular complexity index is 312. The standard InChI is InChI=1S/C14H26N2O3/c1-3-16(2)14(9-4-5-10-14)11-15-12(17)7-6-8-13(18)19/h3-11H2,1-2H3,(H,15,17)(H,18,19). The molecule has 1 aliphatic rings. The smallest absolute Gasteiger partial charge is 0.303 e. The van der Waals surface area contributed by atoms with Gasteiger partial charge >= 0.3 is 5.97 Å². The first-order valence-electron chi connectivity index (χ1n) is 7.20. The number of carbonyl (C=O) groups is 2. The number of rotatable bonds is 8. The highest BCUT2D eigenvalue weighted by atomic mass is 16.4. The Morgan fingerprint density at radius 3 is 2.42 bits per heavy atom. The Kier molecular flexibility index (Phi) is 6.28. The normalized spacial score (nSPS) is 17.6. The van der Waals surface area contributed by atoms with E-state index >= 15 is 0 Å². The number of hydrogen-bond donors (Lipinski definition) is 2. The van der Waals surface area contributed by atoms with Gasteiger partial charge in [0, 0.05) is 24.9 Å². The van der Waals surface area contributed by atoms with Crippen LogP contribution in [0, 0.1) is 0 Å². The summed E-state index contributed by atoms with van der Waals surface area (Å²) in [5, 5.41) is 11.5. The number of carboxylic acids is 1. The molecule has 0 aromatic heterocycles. The first-order chi connectivity index (χ1) is 9.00. The SMILES string of the molecule is CCN(C)C1(CNC(=O)CCCC(=O)O)CCCC1. The third-order valence-corrected chi connectivity index (χ3v) is 4.23. The minimum absolute atomic E-state index is 0.0305. The third-order valence-electron chi connectivity index (χ3n) is 4.23. The molecule has 0 heterocycles. The van der Waals surface area contributed by atoms with E-state index in [-0.39, 0.29) is 17.9 Å². The zero-order valence-corrected chi connectivity index (χ0v) is 12.1. The van der Waals surface area contributed by atoms with Crippen LogP contribution in [0.2, 0.25) is 0 Å². The number of amides is 1. The van der Waals surface area contributed by atoms with Crippen LogP contribution in [0.3, 0.4) is 0 Å². The molecule has 0 saturated heterocycles. The van der Waals surface area contributed by atoms with E-state index < -0.39 is 5.97 Å². The molecule has 0 unspecified atom stereocenters. The van der Waals surface area contributed by atoms with Crippen LogP contribution in [0.5, 0.6) is 0 Å². The van der Waals surface area contributed by atoms with Crippen molar-refractivity contribution in [3.8, 4) is 0 Å². The van der Waals surface area contributed by atoms with Crippen molar-refractivity contribution in [1.82, 2.24) is 10.2 Å². The topological polar surface area (TPSA) is 69.6 Å². The van der Waals surface area contributed by atoms with Crippen LogP contribution in [-0.2, 0) is 9.59 Å². The summed E-state index contributed by atoms with van der Waals surface area (Å²) in [7, 11) is 2.11. The highest BCUT2D eigenvalue weighted by molar-refractivity contribution is 5.76. The molecule has 0 atom stereocenters. The van der Waals surface area contributed by atoms with Crippen molar-refractivity contribution in [2.75, 3.05) is 20.1 Å². The molecular weight excluding hydrogens is 244 g/mol. The highest BCUT2D eigenvalue weighted by Crippen LogP contribution is 2.33. The second-order valence-electron chi connectivity index (χ2n) is 5.47. The zero-order valence-electron chi connectivity index (χ0n) is 12.1. The van der Waals surface area contributed by atoms with Crippen molar-refractivity contribution < 1.29 is 14.7 Å². The number of likely N-dealkylation sites (N-methyl/N-ethyl adjacent to an activating group) is 1. The maximum Gasteiger partial charge on any atom is 0.303 e. The molecule has 1 fully saturated rings. The summed E-state index contributed by atoms with van der Waals surface area (Å²) >= 11 is 0. The molecule has 1 aliphatic carbocycles. The van der Waals surface area contributed by atoms with E-state index in [1.807, 2.05) is 0 Å². The molecule has 0 bridgehead atoms. The Hall–Kier alpha value is -1.10. The molecule has 0 aromatic rings. The lowest BCUT2D eigenvalue weighted by Gasteiger charge is -2.38. The van der Waals surface area contributed by atoms with Gasteiger partial charge in [-0.15, -0.1) is 0 Å². The average molecular weight is 270 g/mol. The van der Waals surface area contributed by atoms with Gasteiger partial charge in [-0.25, -0.2) is 0 Å². The molecular formula is C14H26N2O3. The van der Waals surface area contributed by atoms with Crippen LogP contribution >= 0.6 is 0 Å². The monoisotopic (exact) mass is 270 g/mol. The zero-order chi connectivity index (χ0) is 14.3. The van der Waals surface area contributed by atoms with Crippen molar-refractivity contribution in [3.63, 3.8) is 0 Å². The minimum Gasteiger partial charge on any atom is -0.481 e. The summed E-state index contributed by atoms with van der Waals surface area (Å²) < 4.78 is 0. The summed E-state index contributed by atoms with van der Waals surface area (Å²) in [6.07, 6.45) is 5.49. The van der Waals surface area contributed by atoms with E-state index in [1.165, 1.54) is 12.8 Å². The molecule has 19 heavy (non-hydrogen) atoms. The minimum atomic E-state index is -0.842. The Morgan fingerprint density at radius 1 is 1.26 bits per heavy atom. The second kappa shape index (κ2) is 7.48. The maximum atomic E-state index is 11.7. The van der Waals surface area contributed by atoms with Gasteiger partial charge in [0.25, 0.3) is 0 Å². The third kappa shape index (κ3) is 4.82. The van der Waals surface area contributed by atoms with Gasteiger partial charge in [-0.1, -0.05) is 19.8 Å². The van der Waals surface area contributed by atoms with Gasteiger partial charge in [-0.05, 0) is 32.9 Å². The van der Waals surface area contributed by atoms with E-state index in [2.05, 4.69) is 24.2 Å². The van der Waals surface area contributed by atoms with Gasteiger partial charge in [0.15, 0.2) is 0 Å². The fourth-order valence-corrected chi connectivity index (χ4v) is 2.81. The maximum absolute atomic E-state index is 11.7. The number of hydrogen-bond acceptors (Lipinski definition) is 3. The van der Waals surface area contributed by atoms with Crippen LogP contribution < -0.4 is 5.32 Å². The first kappa shape index (κ1) is 16.0.